The standard InChI is InChI=1S/C77H79N9O6/c1-9-15-36-87-64-49-31-24-23-30-48(49)44(7)55-57(64)72-79-70(55)80-74-59-60(66(89-38-17-11-3)51-33-26-25-32-50(51)65(59)88-37-16-10-2)75(85-74)82-71-56-45(8)63-52(34-27-35-78-63)67(90-39-18-12-4)58(56)73(81-71)84-77-62-61(76(83-72)86-77)68(91-40-19-13-5)53-42-46-28-21-22-29-47(46)43-54(53)69(62)92-41-20-14-6/h21-35,42-43H,9-20,36-41H2,1-8H3,(H2,79,80,81,82,83,84,85,86). The number of nitrogens with zero attached hydrogens (tertiary/aromatic N) is 7. The van der Waals surface area contributed by atoms with E-state index in [2.05, 4.69) is 144 Å². The Bertz CT molecular complexity index is 4730. The summed E-state index contributed by atoms with van der Waals surface area (Å²) in [4.78, 5) is 47.3. The van der Waals surface area contributed by atoms with Crippen LogP contribution in [0.1, 0.15) is 130 Å². The van der Waals surface area contributed by atoms with Crippen LogP contribution in [0.15, 0.2) is 103 Å². The summed E-state index contributed by atoms with van der Waals surface area (Å²) in [6, 6.07) is 33.7. The number of aromatic amines is 2. The molecule has 6 heterocycles. The zero-order valence-electron chi connectivity index (χ0n) is 54.1. The molecule has 0 amide bonds. The van der Waals surface area contributed by atoms with E-state index in [0.717, 1.165) is 164 Å². The summed E-state index contributed by atoms with van der Waals surface area (Å²) in [5, 5.41) is 11.6. The lowest BCUT2D eigenvalue weighted by atomic mass is 9.95. The lowest BCUT2D eigenvalue weighted by Gasteiger charge is -2.19. The van der Waals surface area contributed by atoms with Crippen molar-refractivity contribution in [1.29, 1.82) is 0 Å². The number of aryl methyl sites for hydroxylation is 2. The lowest BCUT2D eigenvalue weighted by molar-refractivity contribution is 0.308. The molecule has 8 aromatic carbocycles. The maximum absolute atomic E-state index is 7.22. The van der Waals surface area contributed by atoms with Gasteiger partial charge in [-0.15, -0.1) is 0 Å². The third-order valence-corrected chi connectivity index (χ3v) is 18.0. The second-order valence-corrected chi connectivity index (χ2v) is 24.3. The number of hydrogen-bond donors (Lipinski definition) is 2. The van der Waals surface area contributed by atoms with Crippen LogP contribution in [0.5, 0.6) is 34.5 Å². The molecule has 2 aliphatic rings. The molecule has 0 saturated heterocycles. The van der Waals surface area contributed by atoms with Crippen molar-refractivity contribution in [2.75, 3.05) is 39.6 Å². The van der Waals surface area contributed by atoms with Crippen molar-refractivity contribution in [3.05, 3.63) is 114 Å². The largest absolute Gasteiger partial charge is 0.492 e. The summed E-state index contributed by atoms with van der Waals surface area (Å²) < 4.78 is 42.8. The number of H-pyrrole nitrogens is 2. The maximum Gasteiger partial charge on any atom is 0.168 e. The fraction of sp³-hybridized carbons (Fsp3) is 0.338. The molecule has 15 heteroatoms. The lowest BCUT2D eigenvalue weighted by Crippen LogP contribution is -2.04. The molecular weight excluding hydrogens is 1150 g/mol. The molecule has 2 N–H and O–H groups in total. The molecule has 12 aromatic rings. The van der Waals surface area contributed by atoms with Crippen LogP contribution in [0.2, 0.25) is 0 Å². The second kappa shape index (κ2) is 25.9. The number of unbranched alkanes of at least 4 members (excludes halogenated alkanes) is 6. The summed E-state index contributed by atoms with van der Waals surface area (Å²) in [5.41, 5.74) is 7.33. The van der Waals surface area contributed by atoms with Gasteiger partial charge in [0.05, 0.1) is 78.2 Å². The topological polar surface area (TPSA) is 177 Å². The maximum atomic E-state index is 7.22. The first-order chi connectivity index (χ1) is 45.3. The van der Waals surface area contributed by atoms with Crippen molar-refractivity contribution in [3.8, 4) is 80.0 Å². The Hall–Kier alpha value is -9.63. The molecule has 468 valence electrons. The summed E-state index contributed by atoms with van der Waals surface area (Å²) in [6.45, 7) is 20.1. The highest BCUT2D eigenvalue weighted by Gasteiger charge is 2.36. The first-order valence-corrected chi connectivity index (χ1v) is 33.5. The van der Waals surface area contributed by atoms with Gasteiger partial charge in [0.1, 0.15) is 57.1 Å². The van der Waals surface area contributed by atoms with Crippen LogP contribution in [-0.2, 0) is 0 Å². The number of nitrogens with one attached hydrogen (secondary N) is 2. The molecule has 15 nitrogen and oxygen atoms in total. The number of rotatable bonds is 24. The summed E-state index contributed by atoms with van der Waals surface area (Å²) in [7, 11) is 0. The van der Waals surface area contributed by atoms with Gasteiger partial charge in [0.2, 0.25) is 0 Å². The van der Waals surface area contributed by atoms with E-state index in [4.69, 9.17) is 63.3 Å². The molecule has 92 heavy (non-hydrogen) atoms. The molecule has 4 aromatic heterocycles. The van der Waals surface area contributed by atoms with Crippen molar-refractivity contribution in [2.24, 2.45) is 0 Å². The number of benzene rings is 8. The molecule has 0 aliphatic carbocycles. The quantitative estimate of drug-likeness (QED) is 0.0432. The van der Waals surface area contributed by atoms with Crippen LogP contribution in [-0.4, -0.2) is 84.5 Å². The van der Waals surface area contributed by atoms with Crippen molar-refractivity contribution < 1.29 is 28.4 Å². The van der Waals surface area contributed by atoms with Gasteiger partial charge in [-0.05, 0) is 104 Å². The van der Waals surface area contributed by atoms with E-state index in [1.807, 2.05) is 24.4 Å². The Morgan fingerprint density at radius 2 is 0.630 bits per heavy atom. The molecule has 0 radical (unpaired) electrons. The highest BCUT2D eigenvalue weighted by Crippen LogP contribution is 2.56. The van der Waals surface area contributed by atoms with E-state index >= 15 is 0 Å². The second-order valence-electron chi connectivity index (χ2n) is 24.3. The van der Waals surface area contributed by atoms with Crippen LogP contribution in [0.4, 0.5) is 0 Å². The predicted octanol–water partition coefficient (Wildman–Crippen LogP) is 19.7. The number of ether oxygens (including phenoxy) is 6. The molecule has 2 aliphatic heterocycles. The molecule has 0 saturated carbocycles. The van der Waals surface area contributed by atoms with Gasteiger partial charge in [-0.3, -0.25) is 4.98 Å². The normalized spacial score (nSPS) is 12.0. The minimum absolute atomic E-state index is 0.374. The zero-order chi connectivity index (χ0) is 63.0. The highest BCUT2D eigenvalue weighted by molar-refractivity contribution is 6.21. The summed E-state index contributed by atoms with van der Waals surface area (Å²) in [6.07, 6.45) is 12.4. The Morgan fingerprint density at radius 1 is 0.315 bits per heavy atom. The Labute approximate surface area is 535 Å². The minimum Gasteiger partial charge on any atom is -0.492 e. The van der Waals surface area contributed by atoms with Crippen LogP contribution < -0.4 is 28.4 Å². The van der Waals surface area contributed by atoms with Crippen molar-refractivity contribution in [1.82, 2.24) is 44.9 Å². The summed E-state index contributed by atoms with van der Waals surface area (Å²) >= 11 is 0. The van der Waals surface area contributed by atoms with Gasteiger partial charge >= 0.3 is 0 Å². The fourth-order valence-corrected chi connectivity index (χ4v) is 13.2. The third kappa shape index (κ3) is 10.4. The minimum atomic E-state index is 0.374. The Kier molecular flexibility index (Phi) is 16.9. The number of fused-ring (bicyclic) bond motifs is 25. The van der Waals surface area contributed by atoms with Crippen LogP contribution in [0.3, 0.4) is 0 Å². The zero-order valence-corrected chi connectivity index (χ0v) is 54.1. The van der Waals surface area contributed by atoms with Crippen LogP contribution in [0, 0.1) is 13.8 Å². The summed E-state index contributed by atoms with van der Waals surface area (Å²) in [5.74, 6) is 5.46. The highest BCUT2D eigenvalue weighted by atomic mass is 16.5. The van der Waals surface area contributed by atoms with Gasteiger partial charge in [0, 0.05) is 49.3 Å². The third-order valence-electron chi connectivity index (χ3n) is 18.0. The molecule has 8 bridgehead atoms. The van der Waals surface area contributed by atoms with E-state index in [9.17, 15) is 0 Å². The van der Waals surface area contributed by atoms with E-state index in [1.165, 1.54) is 0 Å². The fourth-order valence-electron chi connectivity index (χ4n) is 13.2. The van der Waals surface area contributed by atoms with E-state index < -0.39 is 0 Å². The van der Waals surface area contributed by atoms with Gasteiger partial charge in [-0.1, -0.05) is 153 Å². The van der Waals surface area contributed by atoms with E-state index in [1.54, 1.807) is 0 Å². The molecule has 0 atom stereocenters. The number of aromatic nitrogens is 9. The predicted molar refractivity (Wildman–Crippen MR) is 373 cm³/mol. The number of hydrogen-bond acceptors (Lipinski definition) is 13. The first kappa shape index (κ1) is 60.0. The first-order valence-electron chi connectivity index (χ1n) is 33.5. The smallest absolute Gasteiger partial charge is 0.168 e. The molecular formula is C77H79N9O6. The molecule has 0 fully saturated rings. The Morgan fingerprint density at radius 3 is 1.03 bits per heavy atom. The molecule has 0 unspecified atom stereocenters. The van der Waals surface area contributed by atoms with Crippen LogP contribution in [0.25, 0.3) is 144 Å². The van der Waals surface area contributed by atoms with Gasteiger partial charge < -0.3 is 38.4 Å². The van der Waals surface area contributed by atoms with Crippen molar-refractivity contribution in [2.45, 2.75) is 132 Å². The van der Waals surface area contributed by atoms with Gasteiger partial charge in [0.25, 0.3) is 0 Å². The van der Waals surface area contributed by atoms with E-state index in [0.29, 0.717) is 142 Å². The van der Waals surface area contributed by atoms with Crippen LogP contribution >= 0.6 is 0 Å². The molecule has 0 spiro atoms. The van der Waals surface area contributed by atoms with Crippen molar-refractivity contribution in [3.63, 3.8) is 0 Å². The monoisotopic (exact) mass is 1230 g/mol. The van der Waals surface area contributed by atoms with Crippen molar-refractivity contribution >= 4 is 98.1 Å². The molecule has 14 rings (SSSR count). The van der Waals surface area contributed by atoms with Gasteiger partial charge in [0.15, 0.2) is 23.3 Å². The average Bonchev–Trinajstić information content (AvgIpc) is 1.53. The van der Waals surface area contributed by atoms with Gasteiger partial charge in [-0.25, -0.2) is 29.9 Å². The number of pyridine rings is 1. The SMILES string of the molecule is CCCCOc1c2c(c(OCCCC)c3ccccc13)-c1nc-2nc2[nH]c(nc3nc(nc4[nH]c(n1)c1c(C)c5ncccc5c(OCCCC)c41)-c1c-3c(OCCCC)c3cc4ccccc4cc3c1OCCCC)c1c(OCCCC)c3ccccc3c(C)c21. The Balaban J connectivity index is 1.24. The average molecular weight is 1230 g/mol. The van der Waals surface area contributed by atoms with E-state index in [-0.39, 0.29) is 0 Å². The van der Waals surface area contributed by atoms with Gasteiger partial charge in [-0.2, -0.15) is 0 Å².